The average Bonchev–Trinajstić information content (AvgIpc) is 2.96. The number of ether oxygens (including phenoxy) is 1. The van der Waals surface area contributed by atoms with Crippen LogP contribution in [0.1, 0.15) is 25.0 Å². The highest BCUT2D eigenvalue weighted by Gasteiger charge is 2.28. The zero-order valence-electron chi connectivity index (χ0n) is 15.4. The third kappa shape index (κ3) is 4.48. The molecule has 0 radical (unpaired) electrons. The van der Waals surface area contributed by atoms with E-state index in [-0.39, 0.29) is 24.3 Å². The predicted octanol–water partition coefficient (Wildman–Crippen LogP) is 2.62. The fraction of sp³-hybridized carbons (Fsp3) is 0.286. The molecule has 1 aliphatic rings. The summed E-state index contributed by atoms with van der Waals surface area (Å²) in [5, 5.41) is 26.1. The van der Waals surface area contributed by atoms with Gasteiger partial charge >= 0.3 is 0 Å². The molecular formula is C21H24N2O4. The number of nitrogens with one attached hydrogen (secondary N) is 2. The quantitative estimate of drug-likeness (QED) is 0.564. The first kappa shape index (κ1) is 18.9. The molecule has 2 aromatic rings. The van der Waals surface area contributed by atoms with E-state index in [1.165, 1.54) is 0 Å². The number of amides is 1. The van der Waals surface area contributed by atoms with Gasteiger partial charge in [-0.3, -0.25) is 4.79 Å². The maximum atomic E-state index is 12.4. The summed E-state index contributed by atoms with van der Waals surface area (Å²) in [5.74, 6) is 0.349. The van der Waals surface area contributed by atoms with E-state index in [1.807, 2.05) is 13.8 Å². The molecule has 6 heteroatoms. The fourth-order valence-corrected chi connectivity index (χ4v) is 2.86. The lowest BCUT2D eigenvalue weighted by Crippen LogP contribution is -2.35. The second-order valence-electron chi connectivity index (χ2n) is 6.78. The highest BCUT2D eigenvalue weighted by molar-refractivity contribution is 6.35. The summed E-state index contributed by atoms with van der Waals surface area (Å²) < 4.78 is 5.80. The Balaban J connectivity index is 1.85. The SMILES string of the molecule is CC(C)NCC(O)COc1cccc2c1/C(=C/c1ccccc1O)C(=O)N2. The van der Waals surface area contributed by atoms with E-state index in [0.29, 0.717) is 34.7 Å². The van der Waals surface area contributed by atoms with Gasteiger partial charge < -0.3 is 25.6 Å². The Morgan fingerprint density at radius 3 is 2.70 bits per heavy atom. The van der Waals surface area contributed by atoms with Crippen LogP contribution in [0.25, 0.3) is 11.6 Å². The van der Waals surface area contributed by atoms with E-state index in [2.05, 4.69) is 10.6 Å². The molecule has 1 amide bonds. The average molecular weight is 368 g/mol. The number of hydrogen-bond acceptors (Lipinski definition) is 5. The van der Waals surface area contributed by atoms with Gasteiger partial charge in [0.05, 0.1) is 16.8 Å². The van der Waals surface area contributed by atoms with Crippen molar-refractivity contribution in [3.8, 4) is 11.5 Å². The van der Waals surface area contributed by atoms with E-state index in [1.54, 1.807) is 48.5 Å². The molecule has 0 saturated heterocycles. The molecule has 142 valence electrons. The summed E-state index contributed by atoms with van der Waals surface area (Å²) in [5.41, 5.74) is 2.24. The maximum Gasteiger partial charge on any atom is 0.256 e. The van der Waals surface area contributed by atoms with Crippen LogP contribution in [0.5, 0.6) is 11.5 Å². The lowest BCUT2D eigenvalue weighted by Gasteiger charge is -2.16. The normalized spacial score (nSPS) is 15.7. The van der Waals surface area contributed by atoms with E-state index in [9.17, 15) is 15.0 Å². The van der Waals surface area contributed by atoms with Gasteiger partial charge in [-0.25, -0.2) is 0 Å². The number of phenolic OH excluding ortho intramolecular Hbond substituents is 1. The van der Waals surface area contributed by atoms with Crippen LogP contribution in [0.15, 0.2) is 42.5 Å². The van der Waals surface area contributed by atoms with Crippen molar-refractivity contribution in [1.29, 1.82) is 0 Å². The van der Waals surface area contributed by atoms with Crippen LogP contribution in [0, 0.1) is 0 Å². The number of fused-ring (bicyclic) bond motifs is 1. The molecule has 1 heterocycles. The van der Waals surface area contributed by atoms with Gasteiger partial charge in [-0.15, -0.1) is 0 Å². The Morgan fingerprint density at radius 2 is 1.96 bits per heavy atom. The van der Waals surface area contributed by atoms with Crippen LogP contribution >= 0.6 is 0 Å². The van der Waals surface area contributed by atoms with Gasteiger partial charge in [-0.2, -0.15) is 0 Å². The van der Waals surface area contributed by atoms with Gasteiger partial charge in [0.15, 0.2) is 0 Å². The molecule has 0 saturated carbocycles. The van der Waals surface area contributed by atoms with Crippen LogP contribution < -0.4 is 15.4 Å². The molecule has 0 aromatic heterocycles. The second kappa shape index (κ2) is 8.24. The van der Waals surface area contributed by atoms with E-state index >= 15 is 0 Å². The van der Waals surface area contributed by atoms with Gasteiger partial charge in [-0.1, -0.05) is 38.1 Å². The first-order valence-corrected chi connectivity index (χ1v) is 8.94. The van der Waals surface area contributed by atoms with Crippen LogP contribution in [0.4, 0.5) is 5.69 Å². The van der Waals surface area contributed by atoms with Crippen molar-refractivity contribution in [3.05, 3.63) is 53.6 Å². The molecule has 27 heavy (non-hydrogen) atoms. The first-order chi connectivity index (χ1) is 13.0. The van der Waals surface area contributed by atoms with E-state index in [4.69, 9.17) is 4.74 Å². The smallest absolute Gasteiger partial charge is 0.256 e. The minimum absolute atomic E-state index is 0.0971. The number of aromatic hydroxyl groups is 1. The van der Waals surface area contributed by atoms with Gasteiger partial charge in [0, 0.05) is 18.2 Å². The summed E-state index contributed by atoms with van der Waals surface area (Å²) in [6.07, 6.45) is 0.971. The van der Waals surface area contributed by atoms with Crippen molar-refractivity contribution in [1.82, 2.24) is 5.32 Å². The summed E-state index contributed by atoms with van der Waals surface area (Å²) >= 11 is 0. The summed E-state index contributed by atoms with van der Waals surface area (Å²) in [6.45, 7) is 4.54. The van der Waals surface area contributed by atoms with Gasteiger partial charge in [-0.05, 0) is 24.3 Å². The number of hydrogen-bond donors (Lipinski definition) is 4. The number of carbonyl (C=O) groups is 1. The summed E-state index contributed by atoms with van der Waals surface area (Å²) in [4.78, 5) is 12.4. The second-order valence-corrected chi connectivity index (χ2v) is 6.78. The minimum atomic E-state index is -0.668. The van der Waals surface area contributed by atoms with Crippen LogP contribution in [0.3, 0.4) is 0 Å². The van der Waals surface area contributed by atoms with Crippen molar-refractivity contribution in [2.75, 3.05) is 18.5 Å². The predicted molar refractivity (Wildman–Crippen MR) is 106 cm³/mol. The third-order valence-electron chi connectivity index (χ3n) is 4.22. The Morgan fingerprint density at radius 1 is 1.19 bits per heavy atom. The molecular weight excluding hydrogens is 344 g/mol. The van der Waals surface area contributed by atoms with Crippen LogP contribution in [-0.2, 0) is 4.79 Å². The number of rotatable bonds is 7. The number of anilines is 1. The molecule has 0 bridgehead atoms. The highest BCUT2D eigenvalue weighted by atomic mass is 16.5. The van der Waals surface area contributed by atoms with Crippen molar-refractivity contribution < 1.29 is 19.7 Å². The largest absolute Gasteiger partial charge is 0.507 e. The zero-order chi connectivity index (χ0) is 19.4. The number of phenols is 1. The Bertz CT molecular complexity index is 861. The molecule has 1 unspecified atom stereocenters. The molecule has 1 atom stereocenters. The number of para-hydroxylation sites is 1. The maximum absolute atomic E-state index is 12.4. The van der Waals surface area contributed by atoms with E-state index < -0.39 is 6.10 Å². The van der Waals surface area contributed by atoms with Gasteiger partial charge in [0.2, 0.25) is 0 Å². The lowest BCUT2D eigenvalue weighted by molar-refractivity contribution is -0.110. The molecule has 3 rings (SSSR count). The Labute approximate surface area is 158 Å². The Kier molecular flexibility index (Phi) is 5.78. The van der Waals surface area contributed by atoms with Crippen molar-refractivity contribution in [2.45, 2.75) is 26.0 Å². The van der Waals surface area contributed by atoms with Crippen molar-refractivity contribution >= 4 is 23.2 Å². The third-order valence-corrected chi connectivity index (χ3v) is 4.22. The molecule has 4 N–H and O–H groups in total. The van der Waals surface area contributed by atoms with E-state index in [0.717, 1.165) is 0 Å². The molecule has 2 aromatic carbocycles. The van der Waals surface area contributed by atoms with Gasteiger partial charge in [0.1, 0.15) is 24.2 Å². The topological polar surface area (TPSA) is 90.8 Å². The van der Waals surface area contributed by atoms with Crippen LogP contribution in [-0.4, -0.2) is 41.4 Å². The zero-order valence-corrected chi connectivity index (χ0v) is 15.4. The Hall–Kier alpha value is -2.83. The summed E-state index contributed by atoms with van der Waals surface area (Å²) in [7, 11) is 0. The van der Waals surface area contributed by atoms with Gasteiger partial charge in [0.25, 0.3) is 5.91 Å². The molecule has 0 spiro atoms. The fourth-order valence-electron chi connectivity index (χ4n) is 2.86. The molecule has 0 aliphatic carbocycles. The molecule has 0 fully saturated rings. The van der Waals surface area contributed by atoms with Crippen molar-refractivity contribution in [2.24, 2.45) is 0 Å². The summed E-state index contributed by atoms with van der Waals surface area (Å²) in [6, 6.07) is 12.4. The standard InChI is InChI=1S/C21H24N2O4/c1-13(2)22-11-15(24)12-27-19-9-5-7-17-20(19)16(21(26)23-17)10-14-6-3-4-8-18(14)25/h3-10,13,15,22,24-25H,11-12H2,1-2H3,(H,23,26)/b16-10-. The number of aliphatic hydroxyl groups is 1. The van der Waals surface area contributed by atoms with Crippen LogP contribution in [0.2, 0.25) is 0 Å². The number of aliphatic hydroxyl groups excluding tert-OH is 1. The molecule has 1 aliphatic heterocycles. The lowest BCUT2D eigenvalue weighted by atomic mass is 10.0. The monoisotopic (exact) mass is 368 g/mol. The highest BCUT2D eigenvalue weighted by Crippen LogP contribution is 2.40. The minimum Gasteiger partial charge on any atom is -0.507 e. The number of carbonyl (C=O) groups excluding carboxylic acids is 1. The molecule has 6 nitrogen and oxygen atoms in total. The first-order valence-electron chi connectivity index (χ1n) is 8.94. The van der Waals surface area contributed by atoms with Crippen molar-refractivity contribution in [3.63, 3.8) is 0 Å². The number of benzene rings is 2.